The Bertz CT molecular complexity index is 410. The Labute approximate surface area is 82.1 Å². The minimum atomic E-state index is -2.63. The first-order chi connectivity index (χ1) is 8.14. The number of rotatable bonds is 2. The molecule has 0 fully saturated rings. The van der Waals surface area contributed by atoms with Crippen molar-refractivity contribution in [2.24, 2.45) is 0 Å². The zero-order valence-corrected chi connectivity index (χ0v) is 6.79. The van der Waals surface area contributed by atoms with Gasteiger partial charge in [-0.25, -0.2) is 0 Å². The summed E-state index contributed by atoms with van der Waals surface area (Å²) in [7, 11) is 1.52. The number of methoxy groups -OCH3 is 1. The van der Waals surface area contributed by atoms with Crippen LogP contribution in [0.3, 0.4) is 0 Å². The molecule has 1 heteroatoms. The van der Waals surface area contributed by atoms with Crippen LogP contribution in [0.1, 0.15) is 27.5 Å². The summed E-state index contributed by atoms with van der Waals surface area (Å²) >= 11 is 0. The van der Waals surface area contributed by atoms with E-state index in [9.17, 15) is 0 Å². The van der Waals surface area contributed by atoms with Crippen molar-refractivity contribution in [3.05, 3.63) is 35.4 Å². The molecule has 1 aromatic rings. The fourth-order valence-electron chi connectivity index (χ4n) is 0.867. The molecule has 1 aromatic carbocycles. The Balaban J connectivity index is 3.16. The standard InChI is InChI=1S/C11H14O/c1-9(2)8-10-4-6-11(12-3)7-5-10/h4-8H,1-3H3/i1D3,2D3. The summed E-state index contributed by atoms with van der Waals surface area (Å²) in [6.07, 6.45) is 1.18. The molecule has 0 spiro atoms. The van der Waals surface area contributed by atoms with Crippen molar-refractivity contribution in [2.45, 2.75) is 13.7 Å². The van der Waals surface area contributed by atoms with Gasteiger partial charge in [-0.05, 0) is 31.4 Å². The number of benzene rings is 1. The second-order valence-electron chi connectivity index (χ2n) is 2.33. The van der Waals surface area contributed by atoms with Gasteiger partial charge in [0.15, 0.2) is 0 Å². The Kier molecular flexibility index (Phi) is 1.20. The molecule has 12 heavy (non-hydrogen) atoms. The van der Waals surface area contributed by atoms with Crippen LogP contribution in [-0.2, 0) is 0 Å². The van der Waals surface area contributed by atoms with Crippen molar-refractivity contribution in [1.29, 1.82) is 0 Å². The highest BCUT2D eigenvalue weighted by Gasteiger charge is 1.89. The maximum atomic E-state index is 7.25. The summed E-state index contributed by atoms with van der Waals surface area (Å²) in [6.45, 7) is -5.27. The number of allylic oxidation sites excluding steroid dienone is 1. The zero-order valence-electron chi connectivity index (χ0n) is 12.8. The number of ether oxygens (including phenoxy) is 1. The molecule has 0 aliphatic carbocycles. The molecule has 0 aromatic heterocycles. The van der Waals surface area contributed by atoms with Crippen LogP contribution in [0.4, 0.5) is 0 Å². The van der Waals surface area contributed by atoms with E-state index < -0.39 is 19.3 Å². The minimum absolute atomic E-state index is 0.512. The summed E-state index contributed by atoms with van der Waals surface area (Å²) in [5.74, 6) is 0.622. The van der Waals surface area contributed by atoms with Crippen LogP contribution < -0.4 is 4.74 Å². The molecule has 0 unspecified atom stereocenters. The van der Waals surface area contributed by atoms with E-state index in [1.807, 2.05) is 0 Å². The molecule has 0 amide bonds. The van der Waals surface area contributed by atoms with Crippen LogP contribution in [0.2, 0.25) is 0 Å². The topological polar surface area (TPSA) is 9.23 Å². The molecule has 0 N–H and O–H groups in total. The highest BCUT2D eigenvalue weighted by molar-refractivity contribution is 5.52. The Hall–Kier alpha value is -1.24. The van der Waals surface area contributed by atoms with Gasteiger partial charge in [-0.1, -0.05) is 23.8 Å². The van der Waals surface area contributed by atoms with Crippen molar-refractivity contribution >= 4 is 6.08 Å². The van der Waals surface area contributed by atoms with Gasteiger partial charge in [-0.15, -0.1) is 0 Å². The first-order valence-electron chi connectivity index (χ1n) is 6.51. The van der Waals surface area contributed by atoms with Crippen LogP contribution in [0, 0.1) is 0 Å². The smallest absolute Gasteiger partial charge is 0.118 e. The predicted molar refractivity (Wildman–Crippen MR) is 52.3 cm³/mol. The monoisotopic (exact) mass is 168 g/mol. The molecule has 0 aliphatic rings. The third-order valence-electron chi connectivity index (χ3n) is 1.43. The van der Waals surface area contributed by atoms with Gasteiger partial charge in [0, 0.05) is 8.22 Å². The maximum Gasteiger partial charge on any atom is 0.118 e. The Morgan fingerprint density at radius 2 is 2.00 bits per heavy atom. The molecule has 1 nitrogen and oxygen atoms in total. The second kappa shape index (κ2) is 3.96. The van der Waals surface area contributed by atoms with Gasteiger partial charge in [-0.2, -0.15) is 0 Å². The molecular weight excluding hydrogens is 148 g/mol. The predicted octanol–water partition coefficient (Wildman–Crippen LogP) is 3.12. The molecule has 0 bridgehead atoms. The second-order valence-corrected chi connectivity index (χ2v) is 2.33. The van der Waals surface area contributed by atoms with Crippen LogP contribution in [0.25, 0.3) is 6.08 Å². The van der Waals surface area contributed by atoms with Crippen molar-refractivity contribution in [3.8, 4) is 5.75 Å². The molecular formula is C11H14O. The van der Waals surface area contributed by atoms with E-state index in [-0.39, 0.29) is 0 Å². The van der Waals surface area contributed by atoms with E-state index in [0.29, 0.717) is 11.3 Å². The number of hydrogen-bond acceptors (Lipinski definition) is 1. The summed E-state index contributed by atoms with van der Waals surface area (Å²) in [5, 5.41) is 0. The van der Waals surface area contributed by atoms with Crippen LogP contribution in [0.5, 0.6) is 5.75 Å². The van der Waals surface area contributed by atoms with Crippen LogP contribution in [-0.4, -0.2) is 7.11 Å². The lowest BCUT2D eigenvalue weighted by molar-refractivity contribution is 0.415. The minimum Gasteiger partial charge on any atom is -0.497 e. The lowest BCUT2D eigenvalue weighted by Gasteiger charge is -1.99. The summed E-state index contributed by atoms with van der Waals surface area (Å²) in [4.78, 5) is 0. The van der Waals surface area contributed by atoms with Gasteiger partial charge in [0.2, 0.25) is 0 Å². The van der Waals surface area contributed by atoms with Crippen molar-refractivity contribution in [1.82, 2.24) is 0 Å². The van der Waals surface area contributed by atoms with Crippen molar-refractivity contribution in [2.75, 3.05) is 7.11 Å². The van der Waals surface area contributed by atoms with Crippen molar-refractivity contribution < 1.29 is 13.0 Å². The highest BCUT2D eigenvalue weighted by Crippen LogP contribution is 2.13. The largest absolute Gasteiger partial charge is 0.497 e. The molecule has 0 atom stereocenters. The van der Waals surface area contributed by atoms with Crippen molar-refractivity contribution in [3.63, 3.8) is 0 Å². The zero-order chi connectivity index (χ0) is 14.0. The van der Waals surface area contributed by atoms with E-state index in [1.54, 1.807) is 24.3 Å². The van der Waals surface area contributed by atoms with Gasteiger partial charge in [0.25, 0.3) is 0 Å². The maximum absolute atomic E-state index is 7.25. The Morgan fingerprint density at radius 3 is 2.50 bits per heavy atom. The highest BCUT2D eigenvalue weighted by atomic mass is 16.5. The van der Waals surface area contributed by atoms with Gasteiger partial charge in [0.1, 0.15) is 5.75 Å². The van der Waals surface area contributed by atoms with E-state index in [1.165, 1.54) is 13.2 Å². The van der Waals surface area contributed by atoms with Gasteiger partial charge in [-0.3, -0.25) is 0 Å². The fraction of sp³-hybridized carbons (Fsp3) is 0.273. The first kappa shape index (κ1) is 3.65. The third kappa shape index (κ3) is 2.42. The third-order valence-corrected chi connectivity index (χ3v) is 1.43. The fourth-order valence-corrected chi connectivity index (χ4v) is 0.867. The quantitative estimate of drug-likeness (QED) is 0.659. The molecule has 0 saturated heterocycles. The van der Waals surface area contributed by atoms with Gasteiger partial charge in [0.05, 0.1) is 7.11 Å². The van der Waals surface area contributed by atoms with E-state index in [0.717, 1.165) is 0 Å². The normalized spacial score (nSPS) is 18.8. The van der Waals surface area contributed by atoms with Gasteiger partial charge < -0.3 is 4.74 Å². The van der Waals surface area contributed by atoms with Crippen LogP contribution in [0.15, 0.2) is 29.8 Å². The average Bonchev–Trinajstić information content (AvgIpc) is 2.23. The molecule has 64 valence electrons. The molecule has 0 saturated carbocycles. The molecule has 0 radical (unpaired) electrons. The average molecular weight is 168 g/mol. The molecule has 0 heterocycles. The first-order valence-corrected chi connectivity index (χ1v) is 3.51. The lowest BCUT2D eigenvalue weighted by Crippen LogP contribution is -1.81. The summed E-state index contributed by atoms with van der Waals surface area (Å²) in [6, 6.07) is 6.50. The van der Waals surface area contributed by atoms with E-state index >= 15 is 0 Å². The van der Waals surface area contributed by atoms with Crippen LogP contribution >= 0.6 is 0 Å². The number of hydrogen-bond donors (Lipinski definition) is 0. The van der Waals surface area contributed by atoms with E-state index in [4.69, 9.17) is 13.0 Å². The summed E-state index contributed by atoms with van der Waals surface area (Å²) in [5.41, 5.74) is -0.0294. The summed E-state index contributed by atoms with van der Waals surface area (Å²) < 4.78 is 48.5. The lowest BCUT2D eigenvalue weighted by atomic mass is 10.1. The molecule has 0 aliphatic heterocycles. The SMILES string of the molecule is [2H]C([2H])([2H])C(=Cc1ccc(OC)cc1)C([2H])([2H])[2H]. The van der Waals surface area contributed by atoms with Gasteiger partial charge >= 0.3 is 0 Å². The Morgan fingerprint density at radius 1 is 1.33 bits per heavy atom. The van der Waals surface area contributed by atoms with E-state index in [2.05, 4.69) is 0 Å². The molecule has 1 rings (SSSR count).